The Kier molecular flexibility index (Phi) is 4.40. The van der Waals surface area contributed by atoms with Crippen molar-refractivity contribution >= 4 is 0 Å². The molecule has 0 bridgehead atoms. The lowest BCUT2D eigenvalue weighted by Crippen LogP contribution is -2.26. The van der Waals surface area contributed by atoms with Gasteiger partial charge in [0.15, 0.2) is 0 Å². The molecule has 1 heterocycles. The normalized spacial score (nSPS) is 29.4. The van der Waals surface area contributed by atoms with Gasteiger partial charge in [-0.1, -0.05) is 0 Å². The molecule has 0 amide bonds. The maximum atomic E-state index is 11.8. The van der Waals surface area contributed by atoms with Gasteiger partial charge in [-0.2, -0.15) is 13.2 Å². The second-order valence-electron chi connectivity index (χ2n) is 4.14. The molecule has 0 aromatic carbocycles. The first kappa shape index (κ1) is 12.8. The molecule has 1 rings (SSSR count). The molecule has 1 fully saturated rings. The van der Waals surface area contributed by atoms with Crippen LogP contribution >= 0.6 is 0 Å². The monoisotopic (exact) mass is 226 g/mol. The second kappa shape index (κ2) is 5.16. The van der Waals surface area contributed by atoms with Crippen LogP contribution in [0, 0.1) is 0 Å². The van der Waals surface area contributed by atoms with E-state index in [4.69, 9.17) is 4.74 Å². The first-order chi connectivity index (χ1) is 6.88. The fourth-order valence-corrected chi connectivity index (χ4v) is 1.81. The summed E-state index contributed by atoms with van der Waals surface area (Å²) in [5, 5.41) is 9.57. The van der Waals surface area contributed by atoms with Crippen LogP contribution in [0.1, 0.15) is 39.0 Å². The van der Waals surface area contributed by atoms with E-state index in [0.717, 1.165) is 12.8 Å². The predicted octanol–water partition coefficient (Wildman–Crippen LogP) is 2.65. The van der Waals surface area contributed by atoms with E-state index in [9.17, 15) is 18.3 Å². The lowest BCUT2D eigenvalue weighted by atomic mass is 10.0. The molecule has 15 heavy (non-hydrogen) atoms. The Bertz CT molecular complexity index is 194. The van der Waals surface area contributed by atoms with Crippen molar-refractivity contribution in [1.29, 1.82) is 0 Å². The Labute approximate surface area is 87.4 Å². The van der Waals surface area contributed by atoms with Crippen molar-refractivity contribution in [3.05, 3.63) is 0 Å². The Morgan fingerprint density at radius 3 is 2.53 bits per heavy atom. The molecule has 2 nitrogen and oxygen atoms in total. The van der Waals surface area contributed by atoms with E-state index in [1.54, 1.807) is 0 Å². The lowest BCUT2D eigenvalue weighted by molar-refractivity contribution is -0.137. The van der Waals surface area contributed by atoms with E-state index in [0.29, 0.717) is 0 Å². The van der Waals surface area contributed by atoms with Crippen LogP contribution in [-0.4, -0.2) is 29.6 Å². The highest BCUT2D eigenvalue weighted by Crippen LogP contribution is 2.26. The van der Waals surface area contributed by atoms with Gasteiger partial charge in [0.25, 0.3) is 0 Å². The zero-order valence-electron chi connectivity index (χ0n) is 8.76. The molecule has 0 radical (unpaired) electrons. The van der Waals surface area contributed by atoms with Gasteiger partial charge in [-0.15, -0.1) is 0 Å². The first-order valence-electron chi connectivity index (χ1n) is 5.29. The number of hydrogen-bond donors (Lipinski definition) is 1. The Morgan fingerprint density at radius 1 is 1.40 bits per heavy atom. The minimum absolute atomic E-state index is 0.0289. The van der Waals surface area contributed by atoms with Crippen LogP contribution in [0.3, 0.4) is 0 Å². The van der Waals surface area contributed by atoms with E-state index in [1.165, 1.54) is 0 Å². The lowest BCUT2D eigenvalue weighted by Gasteiger charge is -2.18. The standard InChI is InChI=1S/C10H17F3O2/c1-7-4-5-9(15-7)8(14)3-2-6-10(11,12)13/h7-9,14H,2-6H2,1H3. The zero-order valence-corrected chi connectivity index (χ0v) is 8.76. The minimum Gasteiger partial charge on any atom is -0.390 e. The molecule has 1 aliphatic rings. The molecule has 90 valence electrons. The van der Waals surface area contributed by atoms with Gasteiger partial charge in [0.05, 0.1) is 18.3 Å². The number of hydrogen-bond acceptors (Lipinski definition) is 2. The number of rotatable bonds is 4. The molecule has 0 saturated carbocycles. The summed E-state index contributed by atoms with van der Waals surface area (Å²) in [6, 6.07) is 0. The van der Waals surface area contributed by atoms with Crippen LogP contribution in [-0.2, 0) is 4.74 Å². The van der Waals surface area contributed by atoms with Crippen molar-refractivity contribution in [2.24, 2.45) is 0 Å². The highest BCUT2D eigenvalue weighted by atomic mass is 19.4. The number of ether oxygens (including phenoxy) is 1. The molecule has 3 unspecified atom stereocenters. The van der Waals surface area contributed by atoms with E-state index < -0.39 is 18.7 Å². The second-order valence-corrected chi connectivity index (χ2v) is 4.14. The minimum atomic E-state index is -4.12. The van der Waals surface area contributed by atoms with Gasteiger partial charge in [0.1, 0.15) is 0 Å². The molecule has 0 spiro atoms. The maximum absolute atomic E-state index is 11.8. The van der Waals surface area contributed by atoms with Crippen molar-refractivity contribution in [1.82, 2.24) is 0 Å². The average molecular weight is 226 g/mol. The van der Waals surface area contributed by atoms with Crippen LogP contribution < -0.4 is 0 Å². The third kappa shape index (κ3) is 4.84. The maximum Gasteiger partial charge on any atom is 0.389 e. The number of aliphatic hydroxyl groups is 1. The Morgan fingerprint density at radius 2 is 2.07 bits per heavy atom. The summed E-state index contributed by atoms with van der Waals surface area (Å²) in [5.41, 5.74) is 0. The molecule has 1 N–H and O–H groups in total. The fourth-order valence-electron chi connectivity index (χ4n) is 1.81. The Balaban J connectivity index is 2.16. The van der Waals surface area contributed by atoms with Crippen molar-refractivity contribution in [2.45, 2.75) is 63.5 Å². The largest absolute Gasteiger partial charge is 0.390 e. The van der Waals surface area contributed by atoms with Gasteiger partial charge in [0, 0.05) is 6.42 Å². The van der Waals surface area contributed by atoms with Crippen molar-refractivity contribution in [3.63, 3.8) is 0 Å². The molecule has 5 heteroatoms. The van der Waals surface area contributed by atoms with Gasteiger partial charge in [0.2, 0.25) is 0 Å². The summed E-state index contributed by atoms with van der Waals surface area (Å²) in [6.45, 7) is 1.91. The molecular formula is C10H17F3O2. The molecule has 3 atom stereocenters. The van der Waals surface area contributed by atoms with Crippen molar-refractivity contribution in [3.8, 4) is 0 Å². The first-order valence-corrected chi connectivity index (χ1v) is 5.29. The van der Waals surface area contributed by atoms with Crippen LogP contribution in [0.15, 0.2) is 0 Å². The average Bonchev–Trinajstić information content (AvgIpc) is 2.49. The topological polar surface area (TPSA) is 29.5 Å². The van der Waals surface area contributed by atoms with Gasteiger partial charge >= 0.3 is 6.18 Å². The molecule has 0 aromatic heterocycles. The molecule has 1 aliphatic heterocycles. The number of aliphatic hydroxyl groups excluding tert-OH is 1. The quantitative estimate of drug-likeness (QED) is 0.798. The summed E-state index contributed by atoms with van der Waals surface area (Å²) in [7, 11) is 0. The zero-order chi connectivity index (χ0) is 11.5. The van der Waals surface area contributed by atoms with E-state index >= 15 is 0 Å². The third-order valence-electron chi connectivity index (χ3n) is 2.65. The molecule has 0 aromatic rings. The highest BCUT2D eigenvalue weighted by molar-refractivity contribution is 4.77. The van der Waals surface area contributed by atoms with E-state index in [-0.39, 0.29) is 25.0 Å². The summed E-state index contributed by atoms with van der Waals surface area (Å²) in [5.74, 6) is 0. The van der Waals surface area contributed by atoms with Crippen LogP contribution in [0.5, 0.6) is 0 Å². The summed E-state index contributed by atoms with van der Waals surface area (Å²) in [6.07, 6.45) is -4.10. The van der Waals surface area contributed by atoms with Gasteiger partial charge < -0.3 is 9.84 Å². The van der Waals surface area contributed by atoms with Crippen LogP contribution in [0.25, 0.3) is 0 Å². The van der Waals surface area contributed by atoms with Gasteiger partial charge in [-0.3, -0.25) is 0 Å². The summed E-state index contributed by atoms with van der Waals surface area (Å²) in [4.78, 5) is 0. The smallest absolute Gasteiger partial charge is 0.389 e. The van der Waals surface area contributed by atoms with Crippen LogP contribution in [0.4, 0.5) is 13.2 Å². The van der Waals surface area contributed by atoms with Gasteiger partial charge in [-0.05, 0) is 32.6 Å². The fraction of sp³-hybridized carbons (Fsp3) is 1.00. The Hall–Kier alpha value is -0.290. The van der Waals surface area contributed by atoms with Crippen LogP contribution in [0.2, 0.25) is 0 Å². The predicted molar refractivity (Wildman–Crippen MR) is 49.5 cm³/mol. The van der Waals surface area contributed by atoms with E-state index in [1.807, 2.05) is 6.92 Å². The summed E-state index contributed by atoms with van der Waals surface area (Å²) >= 11 is 0. The van der Waals surface area contributed by atoms with Gasteiger partial charge in [-0.25, -0.2) is 0 Å². The van der Waals surface area contributed by atoms with Crippen molar-refractivity contribution < 1.29 is 23.0 Å². The summed E-state index contributed by atoms with van der Waals surface area (Å²) < 4.78 is 40.9. The highest BCUT2D eigenvalue weighted by Gasteiger charge is 2.30. The molecule has 0 aliphatic carbocycles. The number of halogens is 3. The van der Waals surface area contributed by atoms with Crippen molar-refractivity contribution in [2.75, 3.05) is 0 Å². The van der Waals surface area contributed by atoms with E-state index in [2.05, 4.69) is 0 Å². The third-order valence-corrected chi connectivity index (χ3v) is 2.65. The number of alkyl halides is 3. The molecular weight excluding hydrogens is 209 g/mol. The molecule has 1 saturated heterocycles. The SMILES string of the molecule is CC1CCC(C(O)CCCC(F)(F)F)O1.